The highest BCUT2D eigenvalue weighted by molar-refractivity contribution is 5.36. The molecule has 0 atom stereocenters. The molecule has 84 valence electrons. The molecule has 0 aliphatic heterocycles. The Bertz CT molecular complexity index is 345. The van der Waals surface area contributed by atoms with Gasteiger partial charge in [-0.25, -0.2) is 4.39 Å². The third-order valence-electron chi connectivity index (χ3n) is 1.47. The van der Waals surface area contributed by atoms with Gasteiger partial charge >= 0.3 is 12.8 Å². The second-order valence-electron chi connectivity index (χ2n) is 2.49. The van der Waals surface area contributed by atoms with Gasteiger partial charge in [0.25, 0.3) is 0 Å². The van der Waals surface area contributed by atoms with Crippen LogP contribution < -0.4 is 4.74 Å². The predicted molar refractivity (Wildman–Crippen MR) is 38.0 cm³/mol. The van der Waals surface area contributed by atoms with Gasteiger partial charge in [-0.1, -0.05) is 6.07 Å². The van der Waals surface area contributed by atoms with Crippen molar-refractivity contribution in [2.24, 2.45) is 0 Å². The van der Waals surface area contributed by atoms with E-state index in [1.54, 1.807) is 0 Å². The van der Waals surface area contributed by atoms with E-state index < -0.39 is 29.9 Å². The van der Waals surface area contributed by atoms with E-state index in [9.17, 15) is 26.3 Å². The fourth-order valence-corrected chi connectivity index (χ4v) is 0.974. The fourth-order valence-electron chi connectivity index (χ4n) is 0.974. The Morgan fingerprint density at radius 1 is 1.13 bits per heavy atom. The zero-order valence-electron chi connectivity index (χ0n) is 6.99. The van der Waals surface area contributed by atoms with E-state index in [1.807, 2.05) is 0 Å². The molecule has 1 aromatic carbocycles. The van der Waals surface area contributed by atoms with Crippen LogP contribution in [0.25, 0.3) is 0 Å². The standard InChI is InChI=1S/C8H4F6O/c9-4-2-1-3-5(15-7(10)11)6(4)8(12,13)14/h1-3,7H. The summed E-state index contributed by atoms with van der Waals surface area (Å²) in [6.45, 7) is -3.44. The van der Waals surface area contributed by atoms with Crippen molar-refractivity contribution in [3.63, 3.8) is 0 Å². The SMILES string of the molecule is Fc1cccc(OC(F)F)c1C(F)(F)F. The number of benzene rings is 1. The van der Waals surface area contributed by atoms with E-state index >= 15 is 0 Å². The predicted octanol–water partition coefficient (Wildman–Crippen LogP) is 3.45. The third-order valence-corrected chi connectivity index (χ3v) is 1.47. The second-order valence-corrected chi connectivity index (χ2v) is 2.49. The molecule has 0 amide bonds. The Labute approximate surface area is 80.3 Å². The van der Waals surface area contributed by atoms with E-state index in [1.165, 1.54) is 0 Å². The molecule has 1 nitrogen and oxygen atoms in total. The second kappa shape index (κ2) is 4.00. The maximum atomic E-state index is 12.8. The maximum absolute atomic E-state index is 12.8. The minimum absolute atomic E-state index is 0.515. The summed E-state index contributed by atoms with van der Waals surface area (Å²) in [5.41, 5.74) is -1.83. The molecule has 0 heterocycles. The van der Waals surface area contributed by atoms with Crippen LogP contribution in [-0.2, 0) is 6.18 Å². The summed E-state index contributed by atoms with van der Waals surface area (Å²) in [7, 11) is 0. The van der Waals surface area contributed by atoms with Crippen molar-refractivity contribution in [3.8, 4) is 5.75 Å². The number of rotatable bonds is 2. The molecule has 0 radical (unpaired) electrons. The van der Waals surface area contributed by atoms with Crippen LogP contribution in [0.5, 0.6) is 5.75 Å². The van der Waals surface area contributed by atoms with Crippen LogP contribution in [0.3, 0.4) is 0 Å². The monoisotopic (exact) mass is 230 g/mol. The lowest BCUT2D eigenvalue weighted by atomic mass is 10.2. The number of hydrogen-bond donors (Lipinski definition) is 0. The van der Waals surface area contributed by atoms with Crippen LogP contribution in [0.4, 0.5) is 26.3 Å². The van der Waals surface area contributed by atoms with Crippen molar-refractivity contribution >= 4 is 0 Å². The lowest BCUT2D eigenvalue weighted by Gasteiger charge is -2.13. The Balaban J connectivity index is 3.21. The summed E-state index contributed by atoms with van der Waals surface area (Å²) >= 11 is 0. The molecule has 15 heavy (non-hydrogen) atoms. The van der Waals surface area contributed by atoms with Gasteiger partial charge in [0.2, 0.25) is 0 Å². The van der Waals surface area contributed by atoms with E-state index in [4.69, 9.17) is 0 Å². The molecule has 0 aliphatic rings. The molecule has 7 heteroatoms. The number of ether oxygens (including phenoxy) is 1. The zero-order valence-corrected chi connectivity index (χ0v) is 6.99. The molecular weight excluding hydrogens is 226 g/mol. The summed E-state index contributed by atoms with van der Waals surface area (Å²) in [5.74, 6) is -2.88. The van der Waals surface area contributed by atoms with Crippen molar-refractivity contribution in [1.29, 1.82) is 0 Å². The Morgan fingerprint density at radius 3 is 2.20 bits per heavy atom. The minimum Gasteiger partial charge on any atom is -0.434 e. The van der Waals surface area contributed by atoms with Crippen LogP contribution in [0.15, 0.2) is 18.2 Å². The first-order chi connectivity index (χ1) is 6.82. The van der Waals surface area contributed by atoms with Crippen LogP contribution in [0.1, 0.15) is 5.56 Å². The Hall–Kier alpha value is -1.40. The van der Waals surface area contributed by atoms with Gasteiger partial charge in [-0.05, 0) is 12.1 Å². The molecule has 0 fully saturated rings. The van der Waals surface area contributed by atoms with Gasteiger partial charge in [0, 0.05) is 0 Å². The number of alkyl halides is 5. The highest BCUT2D eigenvalue weighted by Crippen LogP contribution is 2.38. The summed E-state index contributed by atoms with van der Waals surface area (Å²) < 4.78 is 76.3. The molecule has 0 aliphatic carbocycles. The van der Waals surface area contributed by atoms with Crippen LogP contribution in [0.2, 0.25) is 0 Å². The van der Waals surface area contributed by atoms with Crippen molar-refractivity contribution in [3.05, 3.63) is 29.6 Å². The van der Waals surface area contributed by atoms with E-state index in [0.29, 0.717) is 12.1 Å². The molecular formula is C8H4F6O. The molecule has 1 aromatic rings. The largest absolute Gasteiger partial charge is 0.434 e. The van der Waals surface area contributed by atoms with Gasteiger partial charge in [-0.15, -0.1) is 0 Å². The fraction of sp³-hybridized carbons (Fsp3) is 0.250. The maximum Gasteiger partial charge on any atom is 0.422 e. The van der Waals surface area contributed by atoms with E-state index in [-0.39, 0.29) is 0 Å². The Morgan fingerprint density at radius 2 is 1.73 bits per heavy atom. The highest BCUT2D eigenvalue weighted by Gasteiger charge is 2.38. The van der Waals surface area contributed by atoms with Gasteiger partial charge in [0.15, 0.2) is 0 Å². The molecule has 0 spiro atoms. The summed E-state index contributed by atoms with van der Waals surface area (Å²) in [6, 6.07) is 1.99. The van der Waals surface area contributed by atoms with Gasteiger partial charge < -0.3 is 4.74 Å². The first-order valence-corrected chi connectivity index (χ1v) is 3.63. The van der Waals surface area contributed by atoms with Crippen molar-refractivity contribution < 1.29 is 31.1 Å². The van der Waals surface area contributed by atoms with E-state index in [0.717, 1.165) is 6.07 Å². The van der Waals surface area contributed by atoms with Gasteiger partial charge in [0.05, 0.1) is 0 Å². The summed E-state index contributed by atoms with van der Waals surface area (Å²) in [6.07, 6.45) is -5.07. The van der Waals surface area contributed by atoms with Gasteiger partial charge in [-0.3, -0.25) is 0 Å². The first-order valence-electron chi connectivity index (χ1n) is 3.63. The normalized spacial score (nSPS) is 11.9. The van der Waals surface area contributed by atoms with Crippen molar-refractivity contribution in [2.75, 3.05) is 0 Å². The van der Waals surface area contributed by atoms with E-state index in [2.05, 4.69) is 4.74 Å². The third kappa shape index (κ3) is 2.77. The zero-order chi connectivity index (χ0) is 11.6. The molecule has 0 saturated carbocycles. The molecule has 1 rings (SSSR count). The molecule has 0 aromatic heterocycles. The quantitative estimate of drug-likeness (QED) is 0.707. The average Bonchev–Trinajstić information content (AvgIpc) is 1.99. The molecule has 0 unspecified atom stereocenters. The lowest BCUT2D eigenvalue weighted by Crippen LogP contribution is -2.13. The van der Waals surface area contributed by atoms with Crippen LogP contribution in [0, 0.1) is 5.82 Å². The summed E-state index contributed by atoms with van der Waals surface area (Å²) in [4.78, 5) is 0. The minimum atomic E-state index is -5.07. The van der Waals surface area contributed by atoms with Crippen molar-refractivity contribution in [1.82, 2.24) is 0 Å². The van der Waals surface area contributed by atoms with Crippen LogP contribution in [-0.4, -0.2) is 6.61 Å². The topological polar surface area (TPSA) is 9.23 Å². The summed E-state index contributed by atoms with van der Waals surface area (Å²) in [5, 5.41) is 0. The number of halogens is 6. The molecule has 0 N–H and O–H groups in total. The lowest BCUT2D eigenvalue weighted by molar-refractivity contribution is -0.144. The molecule has 0 saturated heterocycles. The molecule has 0 bridgehead atoms. The van der Waals surface area contributed by atoms with Crippen LogP contribution >= 0.6 is 0 Å². The average molecular weight is 230 g/mol. The number of hydrogen-bond acceptors (Lipinski definition) is 1. The first kappa shape index (κ1) is 11.7. The Kier molecular flexibility index (Phi) is 3.11. The smallest absolute Gasteiger partial charge is 0.422 e. The van der Waals surface area contributed by atoms with Gasteiger partial charge in [0.1, 0.15) is 17.1 Å². The van der Waals surface area contributed by atoms with Gasteiger partial charge in [-0.2, -0.15) is 22.0 Å². The van der Waals surface area contributed by atoms with Crippen molar-refractivity contribution in [2.45, 2.75) is 12.8 Å². The highest BCUT2D eigenvalue weighted by atomic mass is 19.4.